The zero-order valence-electron chi connectivity index (χ0n) is 38.4. The largest absolute Gasteiger partial charge is 0.307 e. The number of aryl methyl sites for hydroxylation is 4. The number of benzene rings is 9. The molecule has 0 aliphatic rings. The molecule has 0 saturated heterocycles. The highest BCUT2D eigenvalue weighted by molar-refractivity contribution is 6.14. The molecule has 322 valence electrons. The molecule has 0 saturated carbocycles. The summed E-state index contributed by atoms with van der Waals surface area (Å²) < 4.78 is 4.84. The van der Waals surface area contributed by atoms with Gasteiger partial charge in [0.15, 0.2) is 5.69 Å². The van der Waals surface area contributed by atoms with E-state index >= 15 is 0 Å². The maximum absolute atomic E-state index is 8.20. The Hall–Kier alpha value is -8.78. The van der Waals surface area contributed by atoms with Crippen LogP contribution < -0.4 is 0 Å². The number of rotatable bonds is 7. The van der Waals surface area contributed by atoms with Gasteiger partial charge in [0, 0.05) is 27.1 Å². The zero-order valence-corrected chi connectivity index (χ0v) is 38.4. The smallest absolute Gasteiger partial charge is 0.187 e. The van der Waals surface area contributed by atoms with Crippen LogP contribution in [0.5, 0.6) is 0 Å². The number of hydrogen-bond acceptors (Lipinski definition) is 1. The summed E-state index contributed by atoms with van der Waals surface area (Å²) >= 11 is 0. The van der Waals surface area contributed by atoms with Crippen LogP contribution in [0.15, 0.2) is 207 Å². The lowest BCUT2D eigenvalue weighted by Crippen LogP contribution is -2.05. The molecule has 68 heavy (non-hydrogen) atoms. The Balaban J connectivity index is 1.22. The van der Waals surface area contributed by atoms with Crippen LogP contribution in [0.3, 0.4) is 0 Å². The van der Waals surface area contributed by atoms with Crippen LogP contribution in [0.1, 0.15) is 22.3 Å². The van der Waals surface area contributed by atoms with Crippen molar-refractivity contribution in [1.29, 1.82) is 0 Å². The van der Waals surface area contributed by atoms with Gasteiger partial charge in [-0.05, 0) is 108 Å². The topological polar surface area (TPSA) is 27.1 Å². The minimum absolute atomic E-state index is 0.576. The fraction of sp³-hybridized carbons (Fsp3) is 0.0625. The van der Waals surface area contributed by atoms with E-state index in [0.29, 0.717) is 5.69 Å². The molecular weight excluding hydrogens is 825 g/mol. The SMILES string of the molecule is [C-]#[N+]c1cccc(-c2c(-n3c4cc(-c5cccc(C)c5)ccc4c4ccc(-c5cccc(C)c5)cc43)cncc2-n2c3cc(-c4cccc(C)c4)ccc3c3ccc(-c4cccc(C)c4)cc32)c1. The van der Waals surface area contributed by atoms with Crippen molar-refractivity contribution in [2.75, 3.05) is 0 Å². The van der Waals surface area contributed by atoms with Gasteiger partial charge in [-0.15, -0.1) is 0 Å². The van der Waals surface area contributed by atoms with Gasteiger partial charge in [-0.2, -0.15) is 0 Å². The molecule has 0 unspecified atom stereocenters. The molecular formula is C64H46N4. The van der Waals surface area contributed by atoms with Gasteiger partial charge >= 0.3 is 0 Å². The summed E-state index contributed by atoms with van der Waals surface area (Å²) in [6.07, 6.45) is 4.04. The van der Waals surface area contributed by atoms with Gasteiger partial charge in [-0.25, -0.2) is 4.85 Å². The van der Waals surface area contributed by atoms with E-state index in [-0.39, 0.29) is 0 Å². The Bertz CT molecular complexity index is 3610. The van der Waals surface area contributed by atoms with Crippen molar-refractivity contribution in [1.82, 2.24) is 14.1 Å². The van der Waals surface area contributed by atoms with E-state index in [1.165, 1.54) is 44.5 Å². The predicted octanol–water partition coefficient (Wildman–Crippen LogP) is 17.4. The highest BCUT2D eigenvalue weighted by Gasteiger charge is 2.24. The number of pyridine rings is 1. The van der Waals surface area contributed by atoms with Crippen molar-refractivity contribution in [3.63, 3.8) is 0 Å². The lowest BCUT2D eigenvalue weighted by molar-refractivity contribution is 1.09. The van der Waals surface area contributed by atoms with Crippen molar-refractivity contribution in [2.24, 2.45) is 0 Å². The zero-order chi connectivity index (χ0) is 46.0. The van der Waals surface area contributed by atoms with Crippen LogP contribution in [-0.2, 0) is 0 Å². The summed E-state index contributed by atoms with van der Waals surface area (Å²) in [6, 6.07) is 70.5. The third kappa shape index (κ3) is 6.96. The summed E-state index contributed by atoms with van der Waals surface area (Å²) in [5.41, 5.74) is 22.7. The molecule has 4 heteroatoms. The van der Waals surface area contributed by atoms with Crippen molar-refractivity contribution in [3.8, 4) is 67.0 Å². The maximum atomic E-state index is 8.20. The van der Waals surface area contributed by atoms with Crippen LogP contribution in [-0.4, -0.2) is 14.1 Å². The number of nitrogens with zero attached hydrogens (tertiary/aromatic N) is 4. The van der Waals surface area contributed by atoms with Gasteiger partial charge in [0.25, 0.3) is 0 Å². The van der Waals surface area contributed by atoms with Gasteiger partial charge in [-0.3, -0.25) is 4.98 Å². The lowest BCUT2D eigenvalue weighted by Gasteiger charge is -2.20. The van der Waals surface area contributed by atoms with Crippen molar-refractivity contribution < 1.29 is 0 Å². The average molecular weight is 871 g/mol. The molecule has 3 heterocycles. The van der Waals surface area contributed by atoms with E-state index in [0.717, 1.165) is 88.4 Å². The quantitative estimate of drug-likeness (QED) is 0.147. The van der Waals surface area contributed by atoms with Crippen LogP contribution in [0.2, 0.25) is 0 Å². The molecule has 12 rings (SSSR count). The Morgan fingerprint density at radius 2 is 0.647 bits per heavy atom. The van der Waals surface area contributed by atoms with Crippen molar-refractivity contribution in [3.05, 3.63) is 240 Å². The first-order chi connectivity index (χ1) is 33.3. The first-order valence-electron chi connectivity index (χ1n) is 23.2. The second kappa shape index (κ2) is 16.3. The molecule has 0 aliphatic carbocycles. The molecule has 3 aromatic heterocycles. The fourth-order valence-corrected chi connectivity index (χ4v) is 10.4. The minimum atomic E-state index is 0.576. The number of aromatic nitrogens is 3. The van der Waals surface area contributed by atoms with Crippen molar-refractivity contribution >= 4 is 49.3 Å². The van der Waals surface area contributed by atoms with Crippen LogP contribution >= 0.6 is 0 Å². The third-order valence-corrected chi connectivity index (χ3v) is 13.6. The Morgan fingerprint density at radius 1 is 0.338 bits per heavy atom. The summed E-state index contributed by atoms with van der Waals surface area (Å²) in [5, 5.41) is 4.61. The summed E-state index contributed by atoms with van der Waals surface area (Å²) in [6.45, 7) is 16.8. The first kappa shape index (κ1) is 40.7. The number of fused-ring (bicyclic) bond motifs is 6. The van der Waals surface area contributed by atoms with E-state index in [9.17, 15) is 0 Å². The van der Waals surface area contributed by atoms with Crippen LogP contribution in [0.25, 0.3) is 115 Å². The molecule has 9 aromatic carbocycles. The molecule has 0 radical (unpaired) electrons. The van der Waals surface area contributed by atoms with E-state index < -0.39 is 0 Å². The molecule has 0 amide bonds. The Labute approximate surface area is 396 Å². The standard InChI is InChI=1S/C64H46N4/c1-40-11-6-15-44(29-40)48-21-25-54-55-26-22-49(45-16-7-12-41(2)30-45)35-59(55)67(58(54)34-48)62-38-66-39-63(64(62)52-19-10-20-53(33-52)65-5)68-60-36-50(46-17-8-13-42(3)31-46)23-27-56(60)57-28-24-51(37-61(57)68)47-18-9-14-43(4)32-47/h6-39H,1-4H3. The predicted molar refractivity (Wildman–Crippen MR) is 285 cm³/mol. The molecule has 0 spiro atoms. The maximum Gasteiger partial charge on any atom is 0.187 e. The van der Waals surface area contributed by atoms with Gasteiger partial charge in [0.2, 0.25) is 0 Å². The Morgan fingerprint density at radius 3 is 0.971 bits per heavy atom. The normalized spacial score (nSPS) is 11.5. The molecule has 0 bridgehead atoms. The van der Waals surface area contributed by atoms with E-state index in [2.05, 4.69) is 218 Å². The van der Waals surface area contributed by atoms with Gasteiger partial charge in [-0.1, -0.05) is 186 Å². The molecule has 4 nitrogen and oxygen atoms in total. The summed E-state index contributed by atoms with van der Waals surface area (Å²) in [7, 11) is 0. The summed E-state index contributed by atoms with van der Waals surface area (Å²) in [4.78, 5) is 9.19. The minimum Gasteiger partial charge on any atom is -0.307 e. The van der Waals surface area contributed by atoms with Crippen LogP contribution in [0, 0.1) is 34.3 Å². The summed E-state index contributed by atoms with van der Waals surface area (Å²) in [5.74, 6) is 0. The molecule has 12 aromatic rings. The average Bonchev–Trinajstić information content (AvgIpc) is 3.87. The molecule has 0 aliphatic heterocycles. The monoisotopic (exact) mass is 870 g/mol. The van der Waals surface area contributed by atoms with E-state index in [4.69, 9.17) is 11.6 Å². The lowest BCUT2D eigenvalue weighted by atomic mass is 10.0. The van der Waals surface area contributed by atoms with E-state index in [1.54, 1.807) is 0 Å². The number of hydrogen-bond donors (Lipinski definition) is 0. The van der Waals surface area contributed by atoms with Crippen LogP contribution in [0.4, 0.5) is 5.69 Å². The molecule has 0 N–H and O–H groups in total. The highest BCUT2D eigenvalue weighted by Crippen LogP contribution is 2.45. The van der Waals surface area contributed by atoms with Crippen molar-refractivity contribution in [2.45, 2.75) is 27.7 Å². The highest BCUT2D eigenvalue weighted by atomic mass is 15.0. The fourth-order valence-electron chi connectivity index (χ4n) is 10.4. The molecule has 0 atom stereocenters. The van der Waals surface area contributed by atoms with Gasteiger partial charge in [0.1, 0.15) is 0 Å². The van der Waals surface area contributed by atoms with Gasteiger partial charge < -0.3 is 9.13 Å². The molecule has 0 fully saturated rings. The second-order valence-corrected chi connectivity index (χ2v) is 18.3. The van der Waals surface area contributed by atoms with E-state index in [1.807, 2.05) is 30.6 Å². The first-order valence-corrected chi connectivity index (χ1v) is 23.2. The second-order valence-electron chi connectivity index (χ2n) is 18.3. The van der Waals surface area contributed by atoms with Gasteiger partial charge in [0.05, 0.1) is 52.4 Å². The Kier molecular flexibility index (Phi) is 9.74. The third-order valence-electron chi connectivity index (χ3n) is 13.6.